The van der Waals surface area contributed by atoms with Crippen LogP contribution in [-0.4, -0.2) is 33.0 Å². The molecule has 0 saturated heterocycles. The van der Waals surface area contributed by atoms with Gasteiger partial charge in [-0.2, -0.15) is 18.2 Å². The van der Waals surface area contributed by atoms with Gasteiger partial charge < -0.3 is 16.4 Å². The van der Waals surface area contributed by atoms with Gasteiger partial charge in [-0.3, -0.25) is 10.1 Å². The molecule has 12 heteroatoms. The summed E-state index contributed by atoms with van der Waals surface area (Å²) in [6.07, 6.45) is -2.72. The van der Waals surface area contributed by atoms with Crippen molar-refractivity contribution in [1.29, 1.82) is 0 Å². The summed E-state index contributed by atoms with van der Waals surface area (Å²) < 4.78 is 37.2. The Labute approximate surface area is 133 Å². The van der Waals surface area contributed by atoms with E-state index in [1.54, 1.807) is 0 Å². The number of halogens is 3. The number of nitrogens with one attached hydrogen (secondary N) is 2. The van der Waals surface area contributed by atoms with Crippen molar-refractivity contribution in [2.24, 2.45) is 0 Å². The van der Waals surface area contributed by atoms with E-state index in [0.29, 0.717) is 13.1 Å². The van der Waals surface area contributed by atoms with Gasteiger partial charge in [-0.15, -0.1) is 0 Å². The van der Waals surface area contributed by atoms with Crippen LogP contribution in [0.2, 0.25) is 0 Å². The van der Waals surface area contributed by atoms with Gasteiger partial charge in [0.25, 0.3) is 0 Å². The number of hydrogen-bond acceptors (Lipinski definition) is 8. The van der Waals surface area contributed by atoms with E-state index in [1.165, 1.54) is 6.07 Å². The molecule has 0 unspecified atom stereocenters. The summed E-state index contributed by atoms with van der Waals surface area (Å²) in [6, 6.07) is 2.13. The minimum absolute atomic E-state index is 0.0975. The van der Waals surface area contributed by atoms with Crippen LogP contribution < -0.4 is 16.4 Å². The maximum atomic E-state index is 12.4. The lowest BCUT2D eigenvalue weighted by Gasteiger charge is -2.09. The maximum Gasteiger partial charge on any atom is 0.417 e. The molecule has 0 aliphatic rings. The molecule has 2 rings (SSSR count). The molecule has 128 valence electrons. The number of pyridine rings is 1. The lowest BCUT2D eigenvalue weighted by Crippen LogP contribution is -2.16. The van der Waals surface area contributed by atoms with Crippen LogP contribution in [0.15, 0.2) is 24.5 Å². The normalized spacial score (nSPS) is 11.1. The van der Waals surface area contributed by atoms with E-state index in [1.807, 2.05) is 0 Å². The van der Waals surface area contributed by atoms with Crippen molar-refractivity contribution in [3.8, 4) is 0 Å². The molecule has 0 fully saturated rings. The molecular formula is C12H12F3N7O2. The summed E-state index contributed by atoms with van der Waals surface area (Å²) >= 11 is 0. The van der Waals surface area contributed by atoms with Gasteiger partial charge in [0.05, 0.1) is 10.5 Å². The van der Waals surface area contributed by atoms with E-state index in [-0.39, 0.29) is 17.6 Å². The van der Waals surface area contributed by atoms with Crippen molar-refractivity contribution in [2.45, 2.75) is 6.18 Å². The highest BCUT2D eigenvalue weighted by atomic mass is 19.4. The molecule has 0 aliphatic carbocycles. The first-order valence-electron chi connectivity index (χ1n) is 6.55. The molecule has 9 nitrogen and oxygen atoms in total. The van der Waals surface area contributed by atoms with Crippen molar-refractivity contribution in [2.75, 3.05) is 29.5 Å². The van der Waals surface area contributed by atoms with Gasteiger partial charge in [-0.25, -0.2) is 9.97 Å². The molecule has 2 aromatic heterocycles. The lowest BCUT2D eigenvalue weighted by atomic mass is 10.3. The summed E-state index contributed by atoms with van der Waals surface area (Å²) in [4.78, 5) is 21.0. The third kappa shape index (κ3) is 4.41. The van der Waals surface area contributed by atoms with Crippen LogP contribution in [-0.2, 0) is 6.18 Å². The van der Waals surface area contributed by atoms with Crippen LogP contribution in [0.25, 0.3) is 0 Å². The molecule has 0 amide bonds. The van der Waals surface area contributed by atoms with Gasteiger partial charge in [0, 0.05) is 19.3 Å². The monoisotopic (exact) mass is 343 g/mol. The molecule has 0 radical (unpaired) electrons. The Morgan fingerprint density at radius 2 is 1.88 bits per heavy atom. The quantitative estimate of drug-likeness (QED) is 0.412. The summed E-state index contributed by atoms with van der Waals surface area (Å²) in [7, 11) is 0. The lowest BCUT2D eigenvalue weighted by molar-refractivity contribution is -0.384. The van der Waals surface area contributed by atoms with Crippen LogP contribution in [0.5, 0.6) is 0 Å². The third-order valence-corrected chi connectivity index (χ3v) is 2.80. The number of aromatic nitrogens is 3. The molecule has 0 atom stereocenters. The smallest absolute Gasteiger partial charge is 0.378 e. The highest BCUT2D eigenvalue weighted by Gasteiger charge is 2.30. The highest BCUT2D eigenvalue weighted by Crippen LogP contribution is 2.28. The van der Waals surface area contributed by atoms with Gasteiger partial charge in [0.15, 0.2) is 0 Å². The average molecular weight is 343 g/mol. The third-order valence-electron chi connectivity index (χ3n) is 2.80. The second-order valence-electron chi connectivity index (χ2n) is 4.50. The van der Waals surface area contributed by atoms with Gasteiger partial charge in [0.1, 0.15) is 12.0 Å². The molecule has 2 aromatic rings. The van der Waals surface area contributed by atoms with Crippen molar-refractivity contribution >= 4 is 23.3 Å². The zero-order valence-electron chi connectivity index (χ0n) is 12.0. The number of nitro groups is 1. The van der Waals surface area contributed by atoms with E-state index >= 15 is 0 Å². The Morgan fingerprint density at radius 1 is 1.17 bits per heavy atom. The average Bonchev–Trinajstić information content (AvgIpc) is 2.51. The Bertz CT molecular complexity index is 722. The number of hydrogen-bond donors (Lipinski definition) is 3. The second-order valence-corrected chi connectivity index (χ2v) is 4.50. The highest BCUT2D eigenvalue weighted by molar-refractivity contribution is 5.53. The van der Waals surface area contributed by atoms with Crippen LogP contribution in [0.1, 0.15) is 5.56 Å². The first kappa shape index (κ1) is 17.2. The minimum Gasteiger partial charge on any atom is -0.378 e. The van der Waals surface area contributed by atoms with Crippen LogP contribution in [0.3, 0.4) is 0 Å². The molecule has 0 spiro atoms. The van der Waals surface area contributed by atoms with E-state index < -0.39 is 22.4 Å². The van der Waals surface area contributed by atoms with Gasteiger partial charge in [-0.1, -0.05) is 0 Å². The van der Waals surface area contributed by atoms with E-state index in [0.717, 1.165) is 18.5 Å². The number of nitrogens with two attached hydrogens (primary N) is 1. The van der Waals surface area contributed by atoms with E-state index in [9.17, 15) is 23.3 Å². The molecule has 0 bridgehead atoms. The zero-order valence-corrected chi connectivity index (χ0v) is 12.0. The van der Waals surface area contributed by atoms with Crippen LogP contribution in [0.4, 0.5) is 36.4 Å². The summed E-state index contributed by atoms with van der Waals surface area (Å²) in [5, 5.41) is 16.1. The topological polar surface area (TPSA) is 132 Å². The van der Waals surface area contributed by atoms with E-state index in [4.69, 9.17) is 5.73 Å². The molecule has 4 N–H and O–H groups in total. The maximum absolute atomic E-state index is 12.4. The van der Waals surface area contributed by atoms with Crippen molar-refractivity contribution < 1.29 is 18.1 Å². The second kappa shape index (κ2) is 6.93. The minimum atomic E-state index is -4.43. The van der Waals surface area contributed by atoms with Crippen LogP contribution >= 0.6 is 0 Å². The fourth-order valence-corrected chi connectivity index (χ4v) is 1.65. The zero-order chi connectivity index (χ0) is 17.7. The molecule has 0 aliphatic heterocycles. The molecule has 0 aromatic carbocycles. The van der Waals surface area contributed by atoms with Crippen molar-refractivity contribution in [1.82, 2.24) is 15.0 Å². The van der Waals surface area contributed by atoms with Crippen molar-refractivity contribution in [3.63, 3.8) is 0 Å². The van der Waals surface area contributed by atoms with Gasteiger partial charge >= 0.3 is 11.9 Å². The first-order valence-corrected chi connectivity index (χ1v) is 6.55. The summed E-state index contributed by atoms with van der Waals surface area (Å²) in [6.45, 7) is 0.596. The fourth-order valence-electron chi connectivity index (χ4n) is 1.65. The van der Waals surface area contributed by atoms with Crippen molar-refractivity contribution in [3.05, 3.63) is 40.2 Å². The Hall–Kier alpha value is -3.18. The molecule has 24 heavy (non-hydrogen) atoms. The largest absolute Gasteiger partial charge is 0.417 e. The molecule has 0 saturated carbocycles. The molecular weight excluding hydrogens is 331 g/mol. The number of rotatable bonds is 6. The SMILES string of the molecule is Nc1nc(NCCNc2ccc(C(F)(F)F)cn2)ncc1[N+](=O)[O-]. The predicted octanol–water partition coefficient (Wildman–Crippen LogP) is 1.90. The number of anilines is 3. The van der Waals surface area contributed by atoms with Gasteiger partial charge in [0.2, 0.25) is 11.8 Å². The number of nitrogen functional groups attached to an aromatic ring is 1. The fraction of sp³-hybridized carbons (Fsp3) is 0.250. The Balaban J connectivity index is 1.83. The molecule has 2 heterocycles. The Kier molecular flexibility index (Phi) is 4.96. The summed E-state index contributed by atoms with van der Waals surface area (Å²) in [5.41, 5.74) is 4.19. The van der Waals surface area contributed by atoms with E-state index in [2.05, 4.69) is 25.6 Å². The Morgan fingerprint density at radius 3 is 2.42 bits per heavy atom. The number of alkyl halides is 3. The predicted molar refractivity (Wildman–Crippen MR) is 79.3 cm³/mol. The first-order chi connectivity index (χ1) is 11.3. The van der Waals surface area contributed by atoms with Crippen LogP contribution in [0, 0.1) is 10.1 Å². The standard InChI is InChI=1S/C12H12F3N7O2/c13-12(14,15)7-1-2-9(19-5-7)17-3-4-18-11-20-6-8(22(23)24)10(16)21-11/h1-2,5-6H,3-4H2,(H,17,19)(H3,16,18,20,21). The number of nitrogens with zero attached hydrogens (tertiary/aromatic N) is 4. The summed E-state index contributed by atoms with van der Waals surface area (Å²) in [5.74, 6) is 0.101. The van der Waals surface area contributed by atoms with Gasteiger partial charge in [-0.05, 0) is 12.1 Å².